The number of nitrogen functional groups attached to an aromatic ring is 1. The number of carbonyl (C=O) groups excluding carboxylic acids is 1. The molecule has 3 aromatic rings. The SMILES string of the molecule is COc1c(C)cnc(CN2C(=O)/C(=C\c3nc[nH]c3C)c3c(Cl)nc(N)nc32)c1C. The van der Waals surface area contributed by atoms with Crippen molar-refractivity contribution in [3.8, 4) is 5.75 Å². The Hall–Kier alpha value is -3.46. The van der Waals surface area contributed by atoms with E-state index in [-0.39, 0.29) is 23.6 Å². The van der Waals surface area contributed by atoms with Gasteiger partial charge in [-0.1, -0.05) is 11.6 Å². The Bertz CT molecular complexity index is 1200. The first kappa shape index (κ1) is 19.8. The largest absolute Gasteiger partial charge is 0.496 e. The minimum Gasteiger partial charge on any atom is -0.496 e. The zero-order valence-electron chi connectivity index (χ0n) is 16.9. The third-order valence-electron chi connectivity index (χ3n) is 5.07. The summed E-state index contributed by atoms with van der Waals surface area (Å²) in [5.41, 5.74) is 10.5. The number of pyridine rings is 1. The number of fused-ring (bicyclic) bond motifs is 1. The van der Waals surface area contributed by atoms with Crippen molar-refractivity contribution in [2.24, 2.45) is 0 Å². The van der Waals surface area contributed by atoms with E-state index >= 15 is 0 Å². The van der Waals surface area contributed by atoms with Gasteiger partial charge in [0.1, 0.15) is 10.9 Å². The third kappa shape index (κ3) is 3.17. The van der Waals surface area contributed by atoms with Crippen molar-refractivity contribution in [1.29, 1.82) is 0 Å². The van der Waals surface area contributed by atoms with E-state index in [1.807, 2.05) is 20.8 Å². The maximum atomic E-state index is 13.4. The number of rotatable bonds is 4. The molecule has 1 aliphatic rings. The van der Waals surface area contributed by atoms with Gasteiger partial charge >= 0.3 is 0 Å². The van der Waals surface area contributed by atoms with Crippen molar-refractivity contribution in [1.82, 2.24) is 24.9 Å². The predicted octanol–water partition coefficient (Wildman–Crippen LogP) is 2.85. The first-order valence-corrected chi connectivity index (χ1v) is 9.55. The fraction of sp³-hybridized carbons (Fsp3) is 0.250. The van der Waals surface area contributed by atoms with Crippen molar-refractivity contribution >= 4 is 40.9 Å². The lowest BCUT2D eigenvalue weighted by Gasteiger charge is -2.19. The molecule has 30 heavy (non-hydrogen) atoms. The number of H-pyrrole nitrogens is 1. The van der Waals surface area contributed by atoms with E-state index in [1.165, 1.54) is 4.90 Å². The predicted molar refractivity (Wildman–Crippen MR) is 114 cm³/mol. The van der Waals surface area contributed by atoms with Gasteiger partial charge in [0, 0.05) is 23.0 Å². The van der Waals surface area contributed by atoms with Crippen molar-refractivity contribution in [3.05, 3.63) is 51.4 Å². The second kappa shape index (κ2) is 7.42. The van der Waals surface area contributed by atoms with Crippen LogP contribution in [-0.4, -0.2) is 37.9 Å². The Kier molecular flexibility index (Phi) is 4.90. The average Bonchev–Trinajstić information content (AvgIpc) is 3.20. The quantitative estimate of drug-likeness (QED) is 0.486. The Morgan fingerprint density at radius 1 is 1.27 bits per heavy atom. The van der Waals surface area contributed by atoms with Gasteiger partial charge in [-0.2, -0.15) is 4.98 Å². The van der Waals surface area contributed by atoms with Crippen LogP contribution in [0.15, 0.2) is 12.5 Å². The number of anilines is 2. The molecule has 0 saturated carbocycles. The molecule has 0 saturated heterocycles. The number of aromatic nitrogens is 5. The molecule has 4 rings (SSSR count). The average molecular weight is 426 g/mol. The number of carbonyl (C=O) groups is 1. The summed E-state index contributed by atoms with van der Waals surface area (Å²) in [5.74, 6) is 0.780. The van der Waals surface area contributed by atoms with Gasteiger partial charge in [-0.25, -0.2) is 9.97 Å². The van der Waals surface area contributed by atoms with Crippen LogP contribution in [0.5, 0.6) is 5.75 Å². The van der Waals surface area contributed by atoms with Gasteiger partial charge in [0.15, 0.2) is 5.82 Å². The smallest absolute Gasteiger partial charge is 0.260 e. The molecule has 0 spiro atoms. The van der Waals surface area contributed by atoms with E-state index in [0.29, 0.717) is 28.3 Å². The van der Waals surface area contributed by atoms with Crippen LogP contribution in [0.2, 0.25) is 5.15 Å². The maximum Gasteiger partial charge on any atom is 0.260 e. The number of aromatic amines is 1. The number of aryl methyl sites for hydroxylation is 2. The molecule has 10 heteroatoms. The topological polar surface area (TPSA) is 123 Å². The summed E-state index contributed by atoms with van der Waals surface area (Å²) in [6, 6.07) is 0. The molecule has 0 aromatic carbocycles. The lowest BCUT2D eigenvalue weighted by molar-refractivity contribution is -0.113. The minimum atomic E-state index is -0.282. The van der Waals surface area contributed by atoms with Crippen LogP contribution in [0.25, 0.3) is 11.6 Å². The molecule has 0 aliphatic carbocycles. The van der Waals surface area contributed by atoms with Gasteiger partial charge in [0.05, 0.1) is 42.5 Å². The molecule has 0 unspecified atom stereocenters. The van der Waals surface area contributed by atoms with Gasteiger partial charge in [0.2, 0.25) is 5.95 Å². The Balaban J connectivity index is 1.84. The van der Waals surface area contributed by atoms with Gasteiger partial charge < -0.3 is 15.5 Å². The lowest BCUT2D eigenvalue weighted by atomic mass is 10.1. The number of hydrogen-bond donors (Lipinski definition) is 2. The van der Waals surface area contributed by atoms with Crippen molar-refractivity contribution < 1.29 is 9.53 Å². The summed E-state index contributed by atoms with van der Waals surface area (Å²) in [6.07, 6.45) is 4.95. The Labute approximate surface area is 178 Å². The molecule has 0 bridgehead atoms. The normalized spacial score (nSPS) is 14.5. The van der Waals surface area contributed by atoms with Gasteiger partial charge in [-0.15, -0.1) is 0 Å². The zero-order chi connectivity index (χ0) is 21.6. The third-order valence-corrected chi connectivity index (χ3v) is 5.34. The van der Waals surface area contributed by atoms with Crippen LogP contribution in [0.3, 0.4) is 0 Å². The van der Waals surface area contributed by atoms with E-state index in [1.54, 1.807) is 25.7 Å². The molecule has 0 atom stereocenters. The van der Waals surface area contributed by atoms with Crippen LogP contribution < -0.4 is 15.4 Å². The van der Waals surface area contributed by atoms with Crippen molar-refractivity contribution in [3.63, 3.8) is 0 Å². The number of nitrogens with one attached hydrogen (secondary N) is 1. The highest BCUT2D eigenvalue weighted by molar-refractivity contribution is 6.41. The standard InChI is InChI=1S/C20H20ClN7O2/c1-9-6-23-14(10(2)16(9)30-4)7-28-18-15(17(21)26-20(22)27-18)12(19(28)29)5-13-11(3)24-8-25-13/h5-6,8H,7H2,1-4H3,(H,24,25)(H2,22,26,27)/b12-5-. The van der Waals surface area contributed by atoms with Gasteiger partial charge in [-0.3, -0.25) is 14.7 Å². The number of nitrogens with two attached hydrogens (primary N) is 1. The molecule has 0 fully saturated rings. The number of methoxy groups -OCH3 is 1. The second-order valence-electron chi connectivity index (χ2n) is 6.98. The summed E-state index contributed by atoms with van der Waals surface area (Å²) in [7, 11) is 1.61. The number of halogens is 1. The second-order valence-corrected chi connectivity index (χ2v) is 7.34. The van der Waals surface area contributed by atoms with Crippen LogP contribution >= 0.6 is 11.6 Å². The van der Waals surface area contributed by atoms with Crippen LogP contribution in [0.4, 0.5) is 11.8 Å². The van der Waals surface area contributed by atoms with E-state index in [4.69, 9.17) is 22.1 Å². The highest BCUT2D eigenvalue weighted by Crippen LogP contribution is 2.41. The summed E-state index contributed by atoms with van der Waals surface area (Å²) in [6.45, 7) is 5.86. The molecular formula is C20H20ClN7O2. The highest BCUT2D eigenvalue weighted by atomic mass is 35.5. The van der Waals surface area contributed by atoms with Crippen molar-refractivity contribution in [2.45, 2.75) is 27.3 Å². The summed E-state index contributed by atoms with van der Waals surface area (Å²) in [5, 5.41) is 0.110. The van der Waals surface area contributed by atoms with Gasteiger partial charge in [0.25, 0.3) is 5.91 Å². The summed E-state index contributed by atoms with van der Waals surface area (Å²) < 4.78 is 5.49. The molecule has 0 radical (unpaired) electrons. The molecule has 1 aliphatic heterocycles. The number of amides is 1. The molecule has 9 nitrogen and oxygen atoms in total. The number of nitrogens with zero attached hydrogens (tertiary/aromatic N) is 5. The van der Waals surface area contributed by atoms with Crippen molar-refractivity contribution in [2.75, 3.05) is 17.7 Å². The molecule has 3 N–H and O–H groups in total. The molecule has 154 valence electrons. The highest BCUT2D eigenvalue weighted by Gasteiger charge is 2.37. The Morgan fingerprint density at radius 3 is 2.70 bits per heavy atom. The lowest BCUT2D eigenvalue weighted by Crippen LogP contribution is -2.27. The summed E-state index contributed by atoms with van der Waals surface area (Å²) >= 11 is 6.37. The van der Waals surface area contributed by atoms with Crippen LogP contribution in [-0.2, 0) is 11.3 Å². The van der Waals surface area contributed by atoms with E-state index in [0.717, 1.165) is 22.6 Å². The van der Waals surface area contributed by atoms with E-state index < -0.39 is 0 Å². The Morgan fingerprint density at radius 2 is 2.03 bits per heavy atom. The minimum absolute atomic E-state index is 0.0140. The number of imidazole rings is 1. The monoisotopic (exact) mass is 425 g/mol. The number of hydrogen-bond acceptors (Lipinski definition) is 7. The van der Waals surface area contributed by atoms with Gasteiger partial charge in [-0.05, 0) is 26.8 Å². The van der Waals surface area contributed by atoms with E-state index in [9.17, 15) is 4.79 Å². The summed E-state index contributed by atoms with van der Waals surface area (Å²) in [4.78, 5) is 35.0. The first-order chi connectivity index (χ1) is 14.3. The first-order valence-electron chi connectivity index (χ1n) is 9.17. The molecule has 1 amide bonds. The molecule has 4 heterocycles. The van der Waals surface area contributed by atoms with Crippen LogP contribution in [0.1, 0.15) is 33.8 Å². The van der Waals surface area contributed by atoms with Crippen LogP contribution in [0, 0.1) is 20.8 Å². The van der Waals surface area contributed by atoms with E-state index in [2.05, 4.69) is 24.9 Å². The fourth-order valence-electron chi connectivity index (χ4n) is 3.53. The maximum absolute atomic E-state index is 13.4. The fourth-order valence-corrected chi connectivity index (χ4v) is 3.80. The molecular weight excluding hydrogens is 406 g/mol. The molecule has 3 aromatic heterocycles. The zero-order valence-corrected chi connectivity index (χ0v) is 17.7. The number of ether oxygens (including phenoxy) is 1.